The number of imidazole rings is 2. The van der Waals surface area contributed by atoms with Gasteiger partial charge in [-0.05, 0) is 72.3 Å². The van der Waals surface area contributed by atoms with Gasteiger partial charge in [0.15, 0.2) is 0 Å². The van der Waals surface area contributed by atoms with Crippen LogP contribution in [0.3, 0.4) is 0 Å². The molecule has 60 heavy (non-hydrogen) atoms. The average molecular weight is 845 g/mol. The SMILES string of the molecule is COC(=O)N[C@@H](C(=O)N1CCCC1c1nc(C#Cc2cc3sc(-c4ccc(-c5cnc([C@@H]6CCCN6C(=O)[C@@H](NC(=O)O)C(C)C)[nH]5)cc4)cc3s2)c[nH]1)c1ccccc1. The number of carboxylic acid groups (broad SMARTS) is 1. The predicted molar refractivity (Wildman–Crippen MR) is 229 cm³/mol. The highest BCUT2D eigenvalue weighted by Crippen LogP contribution is 2.39. The van der Waals surface area contributed by atoms with Gasteiger partial charge in [0.25, 0.3) is 5.91 Å². The molecule has 2 aliphatic heterocycles. The summed E-state index contributed by atoms with van der Waals surface area (Å²) < 4.78 is 7.10. The zero-order valence-electron chi connectivity index (χ0n) is 33.2. The Morgan fingerprint density at radius 2 is 1.55 bits per heavy atom. The average Bonchev–Trinajstić information content (AvgIpc) is 4.11. The van der Waals surface area contributed by atoms with Crippen molar-refractivity contribution in [2.24, 2.45) is 5.92 Å². The summed E-state index contributed by atoms with van der Waals surface area (Å²) in [7, 11) is 1.27. The van der Waals surface area contributed by atoms with Crippen LogP contribution in [-0.4, -0.2) is 85.1 Å². The van der Waals surface area contributed by atoms with Crippen LogP contribution < -0.4 is 10.6 Å². The second kappa shape index (κ2) is 17.4. The molecule has 308 valence electrons. The molecular formula is C44H44N8O6S2. The Balaban J connectivity index is 0.913. The number of amides is 4. The quantitative estimate of drug-likeness (QED) is 0.0863. The molecule has 2 aliphatic rings. The number of nitrogens with zero attached hydrogens (tertiary/aromatic N) is 4. The topological polar surface area (TPSA) is 186 Å². The summed E-state index contributed by atoms with van der Waals surface area (Å²) in [6.07, 6.45) is 4.77. The first kappa shape index (κ1) is 40.3. The molecule has 2 fully saturated rings. The lowest BCUT2D eigenvalue weighted by molar-refractivity contribution is -0.135. The number of benzene rings is 2. The number of hydrogen-bond donors (Lipinski definition) is 5. The number of thiophene rings is 2. The first-order valence-electron chi connectivity index (χ1n) is 19.8. The number of ether oxygens (including phenoxy) is 1. The predicted octanol–water partition coefficient (Wildman–Crippen LogP) is 7.86. The van der Waals surface area contributed by atoms with Gasteiger partial charge in [0, 0.05) is 33.6 Å². The van der Waals surface area contributed by atoms with Crippen molar-refractivity contribution in [3.05, 3.63) is 107 Å². The second-order valence-corrected chi connectivity index (χ2v) is 17.3. The van der Waals surface area contributed by atoms with Crippen LogP contribution >= 0.6 is 22.7 Å². The van der Waals surface area contributed by atoms with Gasteiger partial charge in [-0.3, -0.25) is 9.59 Å². The molecule has 14 nitrogen and oxygen atoms in total. The standard InChI is InChI=1S/C44H44N8O6S2/c1-25(2)37(49-43(55)56)41(53)51-19-8-12-33(51)40-46-24-31(48-40)26-13-15-27(16-14-26)34-22-36-35(60-34)21-30(59-36)18-17-29-23-45-39(47-29)32-11-7-20-52(32)42(54)38(50-44(57)58-3)28-9-5-4-6-10-28/h4-6,9-10,13-16,21-25,32-33,37-38,49H,7-8,11-12,19-20H2,1-3H3,(H,45,47)(H,46,48)(H,50,57)(H,55,56)/t32?,33-,37-,38+/m0/s1. The normalized spacial score (nSPS) is 17.3. The molecule has 6 heterocycles. The fraction of sp³-hybridized carbons (Fsp3) is 0.318. The minimum absolute atomic E-state index is 0.186. The number of aromatic nitrogens is 4. The summed E-state index contributed by atoms with van der Waals surface area (Å²) in [6, 6.07) is 19.5. The molecule has 2 saturated heterocycles. The number of carbonyl (C=O) groups excluding carboxylic acids is 3. The molecule has 0 aliphatic carbocycles. The highest BCUT2D eigenvalue weighted by atomic mass is 32.1. The Hall–Kier alpha value is -6.44. The van der Waals surface area contributed by atoms with Crippen LogP contribution in [0.25, 0.3) is 31.1 Å². The van der Waals surface area contributed by atoms with Crippen molar-refractivity contribution < 1.29 is 29.0 Å². The van der Waals surface area contributed by atoms with E-state index in [1.54, 1.807) is 44.9 Å². The molecule has 0 bridgehead atoms. The summed E-state index contributed by atoms with van der Waals surface area (Å²) in [5, 5.41) is 14.4. The van der Waals surface area contributed by atoms with Crippen LogP contribution in [0.15, 0.2) is 79.1 Å². The van der Waals surface area contributed by atoms with Crippen LogP contribution in [0.1, 0.15) is 85.4 Å². The van der Waals surface area contributed by atoms with E-state index in [1.807, 2.05) is 44.2 Å². The monoisotopic (exact) mass is 844 g/mol. The third kappa shape index (κ3) is 8.50. The van der Waals surface area contributed by atoms with Gasteiger partial charge in [-0.2, -0.15) is 0 Å². The lowest BCUT2D eigenvalue weighted by atomic mass is 10.0. The van der Waals surface area contributed by atoms with Crippen molar-refractivity contribution in [3.8, 4) is 33.5 Å². The fourth-order valence-electron chi connectivity index (χ4n) is 7.93. The molecule has 6 aromatic rings. The maximum absolute atomic E-state index is 13.8. The van der Waals surface area contributed by atoms with Gasteiger partial charge < -0.3 is 40.2 Å². The van der Waals surface area contributed by atoms with Crippen molar-refractivity contribution in [2.45, 2.75) is 63.7 Å². The van der Waals surface area contributed by atoms with Gasteiger partial charge in [0.1, 0.15) is 29.4 Å². The Bertz CT molecular complexity index is 2550. The summed E-state index contributed by atoms with van der Waals surface area (Å²) in [6.45, 7) is 4.76. The number of aromatic amines is 2. The largest absolute Gasteiger partial charge is 0.465 e. The molecule has 2 aromatic carbocycles. The van der Waals surface area contributed by atoms with Crippen LogP contribution in [0.4, 0.5) is 9.59 Å². The first-order valence-corrected chi connectivity index (χ1v) is 21.5. The van der Waals surface area contributed by atoms with E-state index in [0.717, 1.165) is 61.7 Å². The number of alkyl carbamates (subject to hydrolysis) is 1. The van der Waals surface area contributed by atoms with Crippen LogP contribution in [0.5, 0.6) is 0 Å². The smallest absolute Gasteiger partial charge is 0.407 e. The summed E-state index contributed by atoms with van der Waals surface area (Å²) in [5.41, 5.74) is 4.17. The number of rotatable bonds is 10. The van der Waals surface area contributed by atoms with Crippen molar-refractivity contribution >= 4 is 56.1 Å². The zero-order valence-corrected chi connectivity index (χ0v) is 34.9. The number of likely N-dealkylation sites (tertiary alicyclic amines) is 2. The number of methoxy groups -OCH3 is 1. The van der Waals surface area contributed by atoms with Gasteiger partial charge in [-0.1, -0.05) is 68.4 Å². The number of hydrogen-bond acceptors (Lipinski definition) is 9. The Morgan fingerprint density at radius 1 is 0.867 bits per heavy atom. The Morgan fingerprint density at radius 3 is 2.23 bits per heavy atom. The molecule has 0 saturated carbocycles. The Labute approximate surface area is 354 Å². The minimum Gasteiger partial charge on any atom is -0.465 e. The first-order chi connectivity index (χ1) is 29.1. The molecule has 4 aromatic heterocycles. The molecule has 1 unspecified atom stereocenters. The van der Waals surface area contributed by atoms with E-state index in [0.29, 0.717) is 36.0 Å². The van der Waals surface area contributed by atoms with Crippen LogP contribution in [-0.2, 0) is 14.3 Å². The highest BCUT2D eigenvalue weighted by molar-refractivity contribution is 7.29. The van der Waals surface area contributed by atoms with Gasteiger partial charge in [0.2, 0.25) is 5.91 Å². The maximum Gasteiger partial charge on any atom is 0.407 e. The second-order valence-electron chi connectivity index (χ2n) is 15.2. The van der Waals surface area contributed by atoms with Crippen molar-refractivity contribution in [3.63, 3.8) is 0 Å². The van der Waals surface area contributed by atoms with Crippen LogP contribution in [0, 0.1) is 17.8 Å². The number of carbonyl (C=O) groups is 4. The molecule has 8 rings (SSSR count). The third-order valence-corrected chi connectivity index (χ3v) is 13.2. The third-order valence-electron chi connectivity index (χ3n) is 10.9. The number of nitrogens with one attached hydrogen (secondary N) is 4. The molecule has 5 N–H and O–H groups in total. The molecule has 4 amide bonds. The van der Waals surface area contributed by atoms with E-state index in [-0.39, 0.29) is 29.8 Å². The number of H-pyrrole nitrogens is 2. The molecule has 16 heteroatoms. The van der Waals surface area contributed by atoms with Gasteiger partial charge in [-0.25, -0.2) is 19.6 Å². The van der Waals surface area contributed by atoms with Gasteiger partial charge >= 0.3 is 12.2 Å². The van der Waals surface area contributed by atoms with Crippen LogP contribution in [0.2, 0.25) is 0 Å². The van der Waals surface area contributed by atoms with E-state index in [1.165, 1.54) is 7.11 Å². The van der Waals surface area contributed by atoms with E-state index < -0.39 is 24.3 Å². The lowest BCUT2D eigenvalue weighted by Crippen LogP contribution is -2.50. The summed E-state index contributed by atoms with van der Waals surface area (Å²) in [5.74, 6) is 7.17. The van der Waals surface area contributed by atoms with Crippen molar-refractivity contribution in [2.75, 3.05) is 20.2 Å². The number of fused-ring (bicyclic) bond motifs is 1. The molecule has 0 spiro atoms. The molecule has 0 radical (unpaired) electrons. The summed E-state index contributed by atoms with van der Waals surface area (Å²) >= 11 is 3.33. The van der Waals surface area contributed by atoms with E-state index >= 15 is 0 Å². The highest BCUT2D eigenvalue weighted by Gasteiger charge is 2.38. The van der Waals surface area contributed by atoms with E-state index in [4.69, 9.17) is 9.72 Å². The molecule has 4 atom stereocenters. The molecular weight excluding hydrogens is 801 g/mol. The van der Waals surface area contributed by atoms with Crippen molar-refractivity contribution in [1.82, 2.24) is 40.4 Å². The van der Waals surface area contributed by atoms with Crippen molar-refractivity contribution in [1.29, 1.82) is 0 Å². The Kier molecular flexibility index (Phi) is 11.7. The minimum atomic E-state index is -1.21. The van der Waals surface area contributed by atoms with E-state index in [2.05, 4.69) is 73.8 Å². The maximum atomic E-state index is 13.8. The zero-order chi connectivity index (χ0) is 41.9. The van der Waals surface area contributed by atoms with Gasteiger partial charge in [-0.15, -0.1) is 22.7 Å². The van der Waals surface area contributed by atoms with Gasteiger partial charge in [0.05, 0.1) is 36.0 Å². The lowest BCUT2D eigenvalue weighted by Gasteiger charge is -2.29. The summed E-state index contributed by atoms with van der Waals surface area (Å²) in [4.78, 5) is 72.4. The fourth-order valence-corrected chi connectivity index (χ4v) is 10.2. The van der Waals surface area contributed by atoms with E-state index in [9.17, 15) is 24.3 Å².